The minimum atomic E-state index is -0.0117. The van der Waals surface area contributed by atoms with Crippen LogP contribution in [-0.2, 0) is 11.2 Å². The maximum absolute atomic E-state index is 12.3. The number of fused-ring (bicyclic) bond motifs is 1. The van der Waals surface area contributed by atoms with Crippen molar-refractivity contribution in [3.8, 4) is 0 Å². The average molecular weight is 336 g/mol. The third-order valence-corrected chi connectivity index (χ3v) is 4.33. The molecule has 0 saturated carbocycles. The van der Waals surface area contributed by atoms with Crippen molar-refractivity contribution >= 4 is 11.6 Å². The molecule has 1 N–H and O–H groups in total. The molecule has 0 aliphatic heterocycles. The molecule has 2 heterocycles. The number of pyridine rings is 1. The topological polar surface area (TPSA) is 49.6 Å². The number of carbonyl (C=O) groups is 1. The monoisotopic (exact) mass is 336 g/mol. The predicted molar refractivity (Wildman–Crippen MR) is 99.5 cm³/mol. The molecule has 3 rings (SSSR count). The first-order chi connectivity index (χ1) is 12.0. The van der Waals surface area contributed by atoms with Gasteiger partial charge in [-0.25, -0.2) is 4.98 Å². The molecule has 25 heavy (non-hydrogen) atoms. The van der Waals surface area contributed by atoms with Crippen LogP contribution in [0.4, 0.5) is 0 Å². The van der Waals surface area contributed by atoms with E-state index in [9.17, 15) is 4.79 Å². The van der Waals surface area contributed by atoms with Crippen LogP contribution in [0.1, 0.15) is 22.9 Å². The first-order valence-corrected chi connectivity index (χ1v) is 8.45. The quantitative estimate of drug-likeness (QED) is 0.753. The summed E-state index contributed by atoms with van der Waals surface area (Å²) in [7, 11) is 4.05. The molecule has 0 radical (unpaired) electrons. The number of benzene rings is 1. The summed E-state index contributed by atoms with van der Waals surface area (Å²) < 4.78 is 1.93. The molecule has 0 aliphatic rings. The molecule has 0 bridgehead atoms. The van der Waals surface area contributed by atoms with Crippen molar-refractivity contribution in [2.75, 3.05) is 20.6 Å². The highest BCUT2D eigenvalue weighted by Crippen LogP contribution is 2.18. The molecule has 0 saturated heterocycles. The van der Waals surface area contributed by atoms with Crippen LogP contribution in [-0.4, -0.2) is 40.8 Å². The van der Waals surface area contributed by atoms with Gasteiger partial charge < -0.3 is 14.6 Å². The lowest BCUT2D eigenvalue weighted by Crippen LogP contribution is -2.35. The fourth-order valence-electron chi connectivity index (χ4n) is 2.90. The van der Waals surface area contributed by atoms with Gasteiger partial charge in [0.25, 0.3) is 0 Å². The van der Waals surface area contributed by atoms with Gasteiger partial charge in [0.05, 0.1) is 18.2 Å². The Kier molecular flexibility index (Phi) is 5.14. The van der Waals surface area contributed by atoms with Crippen LogP contribution < -0.4 is 5.32 Å². The summed E-state index contributed by atoms with van der Waals surface area (Å²) in [4.78, 5) is 18.9. The van der Waals surface area contributed by atoms with Crippen LogP contribution >= 0.6 is 0 Å². The highest BCUT2D eigenvalue weighted by atomic mass is 16.1. The standard InChI is InChI=1S/C20H24N4O/c1-15-7-9-16(10-8-15)18(23(2)3)13-21-20(25)12-17-14-24-11-5-4-6-19(24)22-17/h4-11,14,18H,12-13H2,1-3H3,(H,21,25). The number of amides is 1. The van der Waals surface area contributed by atoms with E-state index in [1.807, 2.05) is 49.1 Å². The molecule has 1 amide bonds. The highest BCUT2D eigenvalue weighted by Gasteiger charge is 2.16. The van der Waals surface area contributed by atoms with Crippen molar-refractivity contribution in [2.24, 2.45) is 0 Å². The van der Waals surface area contributed by atoms with Gasteiger partial charge in [-0.1, -0.05) is 35.9 Å². The number of nitrogens with one attached hydrogen (secondary N) is 1. The Morgan fingerprint density at radius 3 is 2.64 bits per heavy atom. The Balaban J connectivity index is 1.62. The number of hydrogen-bond donors (Lipinski definition) is 1. The maximum atomic E-state index is 12.3. The van der Waals surface area contributed by atoms with Gasteiger partial charge in [-0.05, 0) is 38.7 Å². The number of aryl methyl sites for hydroxylation is 1. The average Bonchev–Trinajstić information content (AvgIpc) is 2.98. The zero-order valence-electron chi connectivity index (χ0n) is 14.9. The highest BCUT2D eigenvalue weighted by molar-refractivity contribution is 5.78. The van der Waals surface area contributed by atoms with E-state index in [1.165, 1.54) is 11.1 Å². The minimum absolute atomic E-state index is 0.0117. The number of likely N-dealkylation sites (N-methyl/N-ethyl adjacent to an activating group) is 1. The Hall–Kier alpha value is -2.66. The summed E-state index contributed by atoms with van der Waals surface area (Å²) in [5.41, 5.74) is 4.07. The Morgan fingerprint density at radius 1 is 1.20 bits per heavy atom. The molecule has 3 aromatic rings. The van der Waals surface area contributed by atoms with E-state index in [0.717, 1.165) is 11.3 Å². The number of aromatic nitrogens is 2. The van der Waals surface area contributed by atoms with Gasteiger partial charge in [-0.3, -0.25) is 4.79 Å². The summed E-state index contributed by atoms with van der Waals surface area (Å²) in [6, 6.07) is 14.4. The molecule has 5 heteroatoms. The van der Waals surface area contributed by atoms with Gasteiger partial charge in [0.15, 0.2) is 0 Å². The molecule has 0 spiro atoms. The molecule has 1 atom stereocenters. The third kappa shape index (κ3) is 4.25. The normalized spacial score (nSPS) is 12.5. The summed E-state index contributed by atoms with van der Waals surface area (Å²) in [6.45, 7) is 2.65. The van der Waals surface area contributed by atoms with Crippen molar-refractivity contribution < 1.29 is 4.79 Å². The molecule has 0 aliphatic carbocycles. The SMILES string of the molecule is Cc1ccc(C(CNC(=O)Cc2cn3ccccc3n2)N(C)C)cc1. The maximum Gasteiger partial charge on any atom is 0.226 e. The summed E-state index contributed by atoms with van der Waals surface area (Å²) >= 11 is 0. The second-order valence-electron chi connectivity index (χ2n) is 6.57. The molecule has 1 aromatic carbocycles. The number of carbonyl (C=O) groups excluding carboxylic acids is 1. The molecule has 130 valence electrons. The van der Waals surface area contributed by atoms with Crippen LogP contribution in [0.15, 0.2) is 54.9 Å². The van der Waals surface area contributed by atoms with E-state index in [-0.39, 0.29) is 18.4 Å². The van der Waals surface area contributed by atoms with Crippen molar-refractivity contribution in [1.29, 1.82) is 0 Å². The van der Waals surface area contributed by atoms with Gasteiger partial charge in [0.2, 0.25) is 5.91 Å². The van der Waals surface area contributed by atoms with Gasteiger partial charge in [-0.2, -0.15) is 0 Å². The molecular weight excluding hydrogens is 312 g/mol. The van der Waals surface area contributed by atoms with Crippen molar-refractivity contribution in [3.63, 3.8) is 0 Å². The summed E-state index contributed by atoms with van der Waals surface area (Å²) in [5, 5.41) is 3.04. The number of rotatable bonds is 6. The van der Waals surface area contributed by atoms with Crippen LogP contribution in [0.2, 0.25) is 0 Å². The van der Waals surface area contributed by atoms with Gasteiger partial charge >= 0.3 is 0 Å². The second-order valence-corrected chi connectivity index (χ2v) is 6.57. The van der Waals surface area contributed by atoms with Crippen molar-refractivity contribution in [3.05, 3.63) is 71.7 Å². The lowest BCUT2D eigenvalue weighted by atomic mass is 10.0. The largest absolute Gasteiger partial charge is 0.354 e. The predicted octanol–water partition coefficient (Wildman–Crippen LogP) is 2.60. The molecular formula is C20H24N4O. The Morgan fingerprint density at radius 2 is 1.96 bits per heavy atom. The molecule has 0 fully saturated rings. The fourth-order valence-corrected chi connectivity index (χ4v) is 2.90. The van der Waals surface area contributed by atoms with E-state index in [0.29, 0.717) is 6.54 Å². The molecule has 2 aromatic heterocycles. The Bertz CT molecular complexity index is 819. The summed E-state index contributed by atoms with van der Waals surface area (Å²) in [5.74, 6) is -0.0117. The van der Waals surface area contributed by atoms with Gasteiger partial charge in [0, 0.05) is 18.9 Å². The second kappa shape index (κ2) is 7.49. The van der Waals surface area contributed by atoms with Crippen LogP contribution in [0.5, 0.6) is 0 Å². The van der Waals surface area contributed by atoms with Crippen LogP contribution in [0.25, 0.3) is 5.65 Å². The van der Waals surface area contributed by atoms with Gasteiger partial charge in [0.1, 0.15) is 5.65 Å². The lowest BCUT2D eigenvalue weighted by Gasteiger charge is -2.25. The smallest absolute Gasteiger partial charge is 0.226 e. The van der Waals surface area contributed by atoms with Crippen molar-refractivity contribution in [1.82, 2.24) is 19.6 Å². The van der Waals surface area contributed by atoms with E-state index in [2.05, 4.69) is 46.4 Å². The van der Waals surface area contributed by atoms with Crippen LogP contribution in [0, 0.1) is 6.92 Å². The van der Waals surface area contributed by atoms with Gasteiger partial charge in [-0.15, -0.1) is 0 Å². The zero-order chi connectivity index (χ0) is 17.8. The van der Waals surface area contributed by atoms with E-state index in [1.54, 1.807) is 0 Å². The first kappa shape index (κ1) is 17.2. The third-order valence-electron chi connectivity index (χ3n) is 4.33. The Labute approximate surface area is 148 Å². The summed E-state index contributed by atoms with van der Waals surface area (Å²) in [6.07, 6.45) is 4.12. The van der Waals surface area contributed by atoms with Crippen LogP contribution in [0.3, 0.4) is 0 Å². The lowest BCUT2D eigenvalue weighted by molar-refractivity contribution is -0.120. The minimum Gasteiger partial charge on any atom is -0.354 e. The zero-order valence-corrected chi connectivity index (χ0v) is 14.9. The van der Waals surface area contributed by atoms with Crippen molar-refractivity contribution in [2.45, 2.75) is 19.4 Å². The van der Waals surface area contributed by atoms with E-state index in [4.69, 9.17) is 0 Å². The molecule has 5 nitrogen and oxygen atoms in total. The fraction of sp³-hybridized carbons (Fsp3) is 0.300. The number of hydrogen-bond acceptors (Lipinski definition) is 3. The first-order valence-electron chi connectivity index (χ1n) is 8.45. The molecule has 1 unspecified atom stereocenters. The van der Waals surface area contributed by atoms with E-state index >= 15 is 0 Å². The number of imidazole rings is 1. The van der Waals surface area contributed by atoms with E-state index < -0.39 is 0 Å². The number of nitrogens with zero attached hydrogens (tertiary/aromatic N) is 3.